The molecule has 5 heteroatoms. The highest BCUT2D eigenvalue weighted by Gasteiger charge is 2.08. The molecule has 0 unspecified atom stereocenters. The van der Waals surface area contributed by atoms with Gasteiger partial charge < -0.3 is 20.9 Å². The third-order valence-corrected chi connectivity index (χ3v) is 16.8. The maximum Gasteiger partial charge on any atom is 0.132 e. The summed E-state index contributed by atoms with van der Waals surface area (Å²) in [6.45, 7) is 13.3. The molecule has 0 fully saturated rings. The molecule has 0 aliphatic carbocycles. The zero-order valence-electron chi connectivity index (χ0n) is 61.7. The maximum atomic E-state index is 12.1. The van der Waals surface area contributed by atoms with Crippen molar-refractivity contribution >= 4 is 5.78 Å². The van der Waals surface area contributed by atoms with Crippen LogP contribution in [0, 0.1) is 0 Å². The van der Waals surface area contributed by atoms with Crippen LogP contribution in [0.15, 0.2) is 97.2 Å². The Balaban J connectivity index is -0.00000151. The summed E-state index contributed by atoms with van der Waals surface area (Å²) < 4.78 is 0. The Labute approximate surface area is 560 Å². The first-order valence-corrected chi connectivity index (χ1v) is 39.2. The first-order chi connectivity index (χ1) is 43.8. The minimum atomic E-state index is 0.499. The number of nitrogens with one attached hydrogen (secondary N) is 1. The van der Waals surface area contributed by atoms with Gasteiger partial charge in [-0.05, 0) is 221 Å². The quantitative estimate of drug-likeness (QED) is 0.0469. The van der Waals surface area contributed by atoms with E-state index in [9.17, 15) is 4.79 Å². The molecule has 0 aromatic rings. The van der Waals surface area contributed by atoms with Gasteiger partial charge in [0.15, 0.2) is 0 Å². The van der Waals surface area contributed by atoms with E-state index >= 15 is 0 Å². The van der Waals surface area contributed by atoms with Crippen LogP contribution in [-0.4, -0.2) is 76.0 Å². The molecule has 0 saturated heterocycles. The number of carbonyl (C=O) groups excluding carboxylic acids is 1. The van der Waals surface area contributed by atoms with E-state index in [0.717, 1.165) is 76.9 Å². The molecule has 0 saturated carbocycles. The Morgan fingerprint density at radius 1 is 0.303 bits per heavy atom. The van der Waals surface area contributed by atoms with Crippen molar-refractivity contribution in [3.8, 4) is 0 Å². The number of unbranched alkanes of at least 4 members (excludes halogenated alkanes) is 36. The van der Waals surface area contributed by atoms with E-state index in [1.807, 2.05) is 0 Å². The Bertz CT molecular complexity index is 1450. The van der Waals surface area contributed by atoms with Crippen molar-refractivity contribution in [1.82, 2.24) is 15.1 Å². The smallest absolute Gasteiger partial charge is 0.132 e. The van der Waals surface area contributed by atoms with Gasteiger partial charge in [-0.3, -0.25) is 4.79 Å². The number of ketones is 1. The third kappa shape index (κ3) is 91.9. The molecule has 0 atom stereocenters. The van der Waals surface area contributed by atoms with Gasteiger partial charge in [0.05, 0.1) is 0 Å². The van der Waals surface area contributed by atoms with Crippen LogP contribution in [0.1, 0.15) is 374 Å². The molecular formula is C84H160N4O. The monoisotopic (exact) mass is 1240 g/mol. The Hall–Kier alpha value is -2.57. The van der Waals surface area contributed by atoms with Crippen LogP contribution < -0.4 is 11.1 Å². The molecule has 0 bridgehead atoms. The van der Waals surface area contributed by atoms with Crippen molar-refractivity contribution in [2.24, 2.45) is 5.73 Å². The van der Waals surface area contributed by atoms with E-state index < -0.39 is 0 Å². The highest BCUT2D eigenvalue weighted by atomic mass is 16.1. The maximum absolute atomic E-state index is 12.1. The van der Waals surface area contributed by atoms with E-state index in [4.69, 9.17) is 5.73 Å². The van der Waals surface area contributed by atoms with Gasteiger partial charge in [-0.2, -0.15) is 0 Å². The van der Waals surface area contributed by atoms with Gasteiger partial charge in [0.25, 0.3) is 0 Å². The highest BCUT2D eigenvalue weighted by molar-refractivity contribution is 5.78. The van der Waals surface area contributed by atoms with Gasteiger partial charge in [-0.25, -0.2) is 0 Å². The van der Waals surface area contributed by atoms with Gasteiger partial charge in [-0.1, -0.05) is 292 Å². The summed E-state index contributed by atoms with van der Waals surface area (Å²) >= 11 is 0. The van der Waals surface area contributed by atoms with Crippen LogP contribution in [0.4, 0.5) is 0 Å². The van der Waals surface area contributed by atoms with Crippen LogP contribution in [0.3, 0.4) is 0 Å². The van der Waals surface area contributed by atoms with E-state index in [2.05, 4.69) is 168 Å². The first-order valence-electron chi connectivity index (χ1n) is 39.2. The third-order valence-electron chi connectivity index (χ3n) is 16.8. The van der Waals surface area contributed by atoms with Crippen LogP contribution in [0.5, 0.6) is 0 Å². The lowest BCUT2D eigenvalue weighted by molar-refractivity contribution is -0.119. The fourth-order valence-corrected chi connectivity index (χ4v) is 11.0. The summed E-state index contributed by atoms with van der Waals surface area (Å²) in [5, 5.41) is 3.93. The van der Waals surface area contributed by atoms with E-state index in [1.54, 1.807) is 0 Å². The molecule has 0 aliphatic rings. The number of carbonyl (C=O) groups is 1. The summed E-state index contributed by atoms with van der Waals surface area (Å²) in [4.78, 5) is 16.6. The van der Waals surface area contributed by atoms with Crippen molar-refractivity contribution < 1.29 is 4.79 Å². The van der Waals surface area contributed by atoms with E-state index in [0.29, 0.717) is 5.78 Å². The molecule has 89 heavy (non-hydrogen) atoms. The molecule has 0 aromatic carbocycles. The molecule has 0 aromatic heterocycles. The molecular weight excluding hydrogens is 1080 g/mol. The number of Topliss-reactive ketones (excluding diaryl/α,β-unsaturated/α-hetero) is 1. The van der Waals surface area contributed by atoms with Crippen LogP contribution in [-0.2, 0) is 4.79 Å². The molecule has 0 spiro atoms. The zero-order valence-corrected chi connectivity index (χ0v) is 61.7. The van der Waals surface area contributed by atoms with Gasteiger partial charge >= 0.3 is 0 Å². The normalized spacial score (nSPS) is 12.3. The summed E-state index contributed by atoms with van der Waals surface area (Å²) in [5.41, 5.74) is 5.25. The lowest BCUT2D eigenvalue weighted by Gasteiger charge is -2.20. The average Bonchev–Trinajstić information content (AvgIpc) is 3.54. The van der Waals surface area contributed by atoms with Crippen molar-refractivity contribution in [2.75, 3.05) is 54.4 Å². The molecule has 0 radical (unpaired) electrons. The summed E-state index contributed by atoms with van der Waals surface area (Å²) in [6.07, 6.45) is 107. The van der Waals surface area contributed by atoms with Gasteiger partial charge in [0, 0.05) is 18.9 Å². The standard InChI is InChI=1S/C42H80N2.C37H66O.C5H14N2/c1-5-7-9-11-13-15-17-19-21-23-25-27-29-31-33-35-38-42(43-40-37-41-44(3)4)39-36-34-32-30-28-26-24-22-20-18-16-14-12-10-8-6-2;1-3-5-7-9-11-13-15-17-19-21-23-25-27-29-31-33-35-37(38)36-34-32-30-28-26-24-22-20-18-16-14-12-10-8-6-4-2;1-7(2)5-3-4-6/h13-16,19-22,42-43H,5-12,17-18,23-41H2,1-4H3;11-14,17-20H,3-10,15-16,21-36H2,1-2H3;3-6H2,1-2H3/b15-13-,16-14-,21-19-,22-20-;13-11-,14-12-,19-17-,20-18-;. The topological polar surface area (TPSA) is 61.6 Å². The second-order valence-electron chi connectivity index (χ2n) is 26.7. The van der Waals surface area contributed by atoms with Crippen molar-refractivity contribution in [2.45, 2.75) is 380 Å². The van der Waals surface area contributed by atoms with E-state index in [1.165, 1.54) is 302 Å². The number of hydrogen-bond acceptors (Lipinski definition) is 5. The highest BCUT2D eigenvalue weighted by Crippen LogP contribution is 2.17. The van der Waals surface area contributed by atoms with Crippen LogP contribution in [0.25, 0.3) is 0 Å². The fourth-order valence-electron chi connectivity index (χ4n) is 11.0. The Morgan fingerprint density at radius 3 is 0.787 bits per heavy atom. The van der Waals surface area contributed by atoms with Gasteiger partial charge in [0.2, 0.25) is 0 Å². The number of allylic oxidation sites excluding steroid dienone is 16. The first kappa shape index (κ1) is 90.6. The SMILES string of the molecule is CCCCC/C=C\C/C=C\CCCCCCCCC(=O)CCCCCCCC/C=C\C/C=C\CCCCC.CCCCC/C=C\C/C=C\CCCCCCCCC(CCCCCCCC/C=C\C/C=C\CCCCC)NCCCN(C)C.CN(C)CCCN. The summed E-state index contributed by atoms with van der Waals surface area (Å²) in [5.74, 6) is 0.499. The number of nitrogens with two attached hydrogens (primary N) is 1. The summed E-state index contributed by atoms with van der Waals surface area (Å²) in [7, 11) is 8.47. The predicted molar refractivity (Wildman–Crippen MR) is 408 cm³/mol. The number of rotatable bonds is 68. The Kier molecular flexibility index (Phi) is 87.0. The molecule has 0 amide bonds. The van der Waals surface area contributed by atoms with Crippen molar-refractivity contribution in [3.05, 3.63) is 97.2 Å². The molecule has 0 aliphatic heterocycles. The molecule has 0 rings (SSSR count). The zero-order chi connectivity index (χ0) is 65.3. The second-order valence-corrected chi connectivity index (χ2v) is 26.7. The predicted octanol–water partition coefficient (Wildman–Crippen LogP) is 26.2. The number of hydrogen-bond donors (Lipinski definition) is 2. The molecule has 5 nitrogen and oxygen atoms in total. The largest absolute Gasteiger partial charge is 0.330 e. The van der Waals surface area contributed by atoms with E-state index in [-0.39, 0.29) is 0 Å². The lowest BCUT2D eigenvalue weighted by Crippen LogP contribution is -2.31. The van der Waals surface area contributed by atoms with Gasteiger partial charge in [-0.15, -0.1) is 0 Å². The second kappa shape index (κ2) is 85.4. The number of nitrogens with zero attached hydrogens (tertiary/aromatic N) is 2. The summed E-state index contributed by atoms with van der Waals surface area (Å²) in [6, 6.07) is 0.730. The lowest BCUT2D eigenvalue weighted by atomic mass is 9.99. The van der Waals surface area contributed by atoms with Crippen molar-refractivity contribution in [1.29, 1.82) is 0 Å². The van der Waals surface area contributed by atoms with Crippen molar-refractivity contribution in [3.63, 3.8) is 0 Å². The fraction of sp³-hybridized carbons (Fsp3) is 0.798. The van der Waals surface area contributed by atoms with Gasteiger partial charge in [0.1, 0.15) is 5.78 Å². The minimum absolute atomic E-state index is 0.499. The minimum Gasteiger partial charge on any atom is -0.330 e. The Morgan fingerprint density at radius 2 is 0.539 bits per heavy atom. The average molecular weight is 1240 g/mol. The van der Waals surface area contributed by atoms with Crippen LogP contribution in [0.2, 0.25) is 0 Å². The van der Waals surface area contributed by atoms with Crippen LogP contribution >= 0.6 is 0 Å². The molecule has 0 heterocycles. The molecule has 522 valence electrons. The molecule has 3 N–H and O–H groups in total.